The van der Waals surface area contributed by atoms with E-state index in [1.165, 1.54) is 7.11 Å². The van der Waals surface area contributed by atoms with Crippen molar-refractivity contribution in [1.82, 2.24) is 5.32 Å². The summed E-state index contributed by atoms with van der Waals surface area (Å²) in [6, 6.07) is 5.50. The maximum absolute atomic E-state index is 12.4. The maximum Gasteiger partial charge on any atom is 0.387 e. The SMILES string of the molecule is COc1cccc(CNC2CC=CC2)c1OC(F)F. The van der Waals surface area contributed by atoms with Crippen molar-refractivity contribution in [3.8, 4) is 11.5 Å². The lowest BCUT2D eigenvalue weighted by atomic mass is 10.1. The lowest BCUT2D eigenvalue weighted by Gasteiger charge is -2.17. The lowest BCUT2D eigenvalue weighted by Crippen LogP contribution is -2.26. The number of methoxy groups -OCH3 is 1. The average molecular weight is 269 g/mol. The molecule has 2 rings (SSSR count). The van der Waals surface area contributed by atoms with E-state index >= 15 is 0 Å². The summed E-state index contributed by atoms with van der Waals surface area (Å²) in [5.41, 5.74) is 0.673. The first kappa shape index (κ1) is 13.8. The Labute approximate surface area is 111 Å². The molecule has 19 heavy (non-hydrogen) atoms. The highest BCUT2D eigenvalue weighted by molar-refractivity contribution is 5.46. The van der Waals surface area contributed by atoms with Crippen LogP contribution in [0.5, 0.6) is 11.5 Å². The number of hydrogen-bond donors (Lipinski definition) is 1. The fourth-order valence-corrected chi connectivity index (χ4v) is 2.12. The van der Waals surface area contributed by atoms with Gasteiger partial charge in [0.15, 0.2) is 11.5 Å². The van der Waals surface area contributed by atoms with Crippen LogP contribution in [0.2, 0.25) is 0 Å². The standard InChI is InChI=1S/C14H17F2NO2/c1-18-12-8-4-5-10(13(12)19-14(15)16)9-17-11-6-2-3-7-11/h2-5,8,11,14,17H,6-7,9H2,1H3. The van der Waals surface area contributed by atoms with E-state index in [2.05, 4.69) is 22.2 Å². The molecule has 1 N–H and O–H groups in total. The van der Waals surface area contributed by atoms with Gasteiger partial charge in [0.2, 0.25) is 0 Å². The van der Waals surface area contributed by atoms with Crippen molar-refractivity contribution >= 4 is 0 Å². The Bertz CT molecular complexity index is 441. The first-order valence-electron chi connectivity index (χ1n) is 6.19. The molecule has 1 aromatic carbocycles. The van der Waals surface area contributed by atoms with Crippen LogP contribution in [-0.4, -0.2) is 19.8 Å². The molecule has 1 aliphatic rings. The van der Waals surface area contributed by atoms with Gasteiger partial charge in [-0.15, -0.1) is 0 Å². The van der Waals surface area contributed by atoms with Crippen molar-refractivity contribution in [2.75, 3.05) is 7.11 Å². The van der Waals surface area contributed by atoms with E-state index in [1.807, 2.05) is 0 Å². The van der Waals surface area contributed by atoms with Gasteiger partial charge in [0.05, 0.1) is 7.11 Å². The molecule has 0 unspecified atom stereocenters. The summed E-state index contributed by atoms with van der Waals surface area (Å²) in [6.45, 7) is -2.38. The molecular weight excluding hydrogens is 252 g/mol. The molecule has 1 aromatic rings. The Balaban J connectivity index is 2.08. The molecule has 0 aliphatic heterocycles. The van der Waals surface area contributed by atoms with Gasteiger partial charge < -0.3 is 14.8 Å². The second-order valence-corrected chi connectivity index (χ2v) is 4.35. The molecule has 0 amide bonds. The van der Waals surface area contributed by atoms with E-state index in [0.717, 1.165) is 12.8 Å². The highest BCUT2D eigenvalue weighted by Crippen LogP contribution is 2.32. The van der Waals surface area contributed by atoms with Crippen molar-refractivity contribution in [3.05, 3.63) is 35.9 Å². The largest absolute Gasteiger partial charge is 0.493 e. The van der Waals surface area contributed by atoms with Crippen LogP contribution in [-0.2, 0) is 6.54 Å². The molecule has 0 spiro atoms. The number of alkyl halides is 2. The van der Waals surface area contributed by atoms with Crippen LogP contribution in [0.3, 0.4) is 0 Å². The number of nitrogens with one attached hydrogen (secondary N) is 1. The molecule has 0 atom stereocenters. The molecule has 3 nitrogen and oxygen atoms in total. The predicted octanol–water partition coefficient (Wildman–Crippen LogP) is 3.10. The Hall–Kier alpha value is -1.62. The number of hydrogen-bond acceptors (Lipinski definition) is 3. The van der Waals surface area contributed by atoms with Gasteiger partial charge in [-0.05, 0) is 18.9 Å². The number of ether oxygens (including phenoxy) is 2. The normalized spacial score (nSPS) is 15.2. The van der Waals surface area contributed by atoms with E-state index in [-0.39, 0.29) is 5.75 Å². The molecule has 0 saturated carbocycles. The zero-order valence-corrected chi connectivity index (χ0v) is 10.7. The minimum absolute atomic E-state index is 0.110. The molecule has 1 aliphatic carbocycles. The van der Waals surface area contributed by atoms with Crippen molar-refractivity contribution in [2.45, 2.75) is 32.0 Å². The van der Waals surface area contributed by atoms with Gasteiger partial charge in [-0.1, -0.05) is 24.3 Å². The third-order valence-corrected chi connectivity index (χ3v) is 3.08. The van der Waals surface area contributed by atoms with Gasteiger partial charge in [0.1, 0.15) is 0 Å². The fourth-order valence-electron chi connectivity index (χ4n) is 2.12. The number of rotatable bonds is 6. The van der Waals surface area contributed by atoms with Crippen molar-refractivity contribution in [3.63, 3.8) is 0 Å². The summed E-state index contributed by atoms with van der Waals surface area (Å²) < 4.78 is 34.5. The molecule has 104 valence electrons. The van der Waals surface area contributed by atoms with E-state index < -0.39 is 6.61 Å². The topological polar surface area (TPSA) is 30.5 Å². The molecule has 0 saturated heterocycles. The van der Waals surface area contributed by atoms with Crippen LogP contribution in [0.25, 0.3) is 0 Å². The molecule has 0 aromatic heterocycles. The molecular formula is C14H17F2NO2. The summed E-state index contributed by atoms with van der Waals surface area (Å²) in [4.78, 5) is 0. The van der Waals surface area contributed by atoms with Gasteiger partial charge in [-0.2, -0.15) is 8.78 Å². The van der Waals surface area contributed by atoms with Gasteiger partial charge in [0.25, 0.3) is 0 Å². The first-order chi connectivity index (χ1) is 9.20. The molecule has 0 fully saturated rings. The van der Waals surface area contributed by atoms with Gasteiger partial charge in [0, 0.05) is 18.2 Å². The highest BCUT2D eigenvalue weighted by atomic mass is 19.3. The third-order valence-electron chi connectivity index (χ3n) is 3.08. The number of halogens is 2. The van der Waals surface area contributed by atoms with E-state index in [4.69, 9.17) is 4.74 Å². The molecule has 0 heterocycles. The molecule has 5 heteroatoms. The van der Waals surface area contributed by atoms with Crippen LogP contribution in [0.1, 0.15) is 18.4 Å². The summed E-state index contributed by atoms with van der Waals surface area (Å²) in [5.74, 6) is 0.433. The smallest absolute Gasteiger partial charge is 0.387 e. The summed E-state index contributed by atoms with van der Waals surface area (Å²) in [6.07, 6.45) is 6.16. The van der Waals surface area contributed by atoms with Crippen LogP contribution >= 0.6 is 0 Å². The average Bonchev–Trinajstić information content (AvgIpc) is 2.90. The summed E-state index contributed by atoms with van der Waals surface area (Å²) in [5, 5.41) is 3.32. The first-order valence-corrected chi connectivity index (χ1v) is 6.19. The molecule has 0 radical (unpaired) electrons. The predicted molar refractivity (Wildman–Crippen MR) is 68.6 cm³/mol. The van der Waals surface area contributed by atoms with Gasteiger partial charge in [-0.25, -0.2) is 0 Å². The zero-order valence-electron chi connectivity index (χ0n) is 10.7. The Morgan fingerprint density at radius 2 is 2.05 bits per heavy atom. The molecule has 0 bridgehead atoms. The van der Waals surface area contributed by atoms with Crippen molar-refractivity contribution in [1.29, 1.82) is 0 Å². The van der Waals surface area contributed by atoms with Crippen molar-refractivity contribution in [2.24, 2.45) is 0 Å². The minimum atomic E-state index is -2.86. The second kappa shape index (κ2) is 6.52. The second-order valence-electron chi connectivity index (χ2n) is 4.35. The summed E-state index contributed by atoms with van der Waals surface area (Å²) >= 11 is 0. The highest BCUT2D eigenvalue weighted by Gasteiger charge is 2.16. The van der Waals surface area contributed by atoms with Crippen molar-refractivity contribution < 1.29 is 18.3 Å². The van der Waals surface area contributed by atoms with Crippen LogP contribution < -0.4 is 14.8 Å². The number of para-hydroxylation sites is 1. The minimum Gasteiger partial charge on any atom is -0.493 e. The summed E-state index contributed by atoms with van der Waals surface area (Å²) in [7, 11) is 1.44. The third kappa shape index (κ3) is 3.67. The zero-order chi connectivity index (χ0) is 13.7. The Morgan fingerprint density at radius 1 is 1.32 bits per heavy atom. The van der Waals surface area contributed by atoms with Crippen LogP contribution in [0, 0.1) is 0 Å². The Morgan fingerprint density at radius 3 is 2.68 bits per heavy atom. The van der Waals surface area contributed by atoms with E-state index in [9.17, 15) is 8.78 Å². The van der Waals surface area contributed by atoms with Gasteiger partial charge in [-0.3, -0.25) is 0 Å². The van der Waals surface area contributed by atoms with E-state index in [1.54, 1.807) is 18.2 Å². The quantitative estimate of drug-likeness (QED) is 0.805. The Kier molecular flexibility index (Phi) is 4.74. The van der Waals surface area contributed by atoms with E-state index in [0.29, 0.717) is 23.9 Å². The maximum atomic E-state index is 12.4. The van der Waals surface area contributed by atoms with Gasteiger partial charge >= 0.3 is 6.61 Å². The lowest BCUT2D eigenvalue weighted by molar-refractivity contribution is -0.0518. The monoisotopic (exact) mass is 269 g/mol. The fraction of sp³-hybridized carbons (Fsp3) is 0.429. The van der Waals surface area contributed by atoms with Crippen LogP contribution in [0.15, 0.2) is 30.4 Å². The van der Waals surface area contributed by atoms with Crippen LogP contribution in [0.4, 0.5) is 8.78 Å². The number of benzene rings is 1.